The number of carbonyl (C=O) groups is 2. The molecule has 0 saturated carbocycles. The summed E-state index contributed by atoms with van der Waals surface area (Å²) in [5, 5.41) is 9.61. The Morgan fingerprint density at radius 3 is 2.81 bits per heavy atom. The van der Waals surface area contributed by atoms with E-state index in [1.165, 1.54) is 19.3 Å². The van der Waals surface area contributed by atoms with Crippen LogP contribution in [0.25, 0.3) is 6.08 Å². The summed E-state index contributed by atoms with van der Waals surface area (Å²) >= 11 is 0. The Kier molecular flexibility index (Phi) is 5.22. The molecule has 0 bridgehead atoms. The van der Waals surface area contributed by atoms with Gasteiger partial charge < -0.3 is 14.6 Å². The van der Waals surface area contributed by atoms with Crippen LogP contribution in [0, 0.1) is 0 Å². The summed E-state index contributed by atoms with van der Waals surface area (Å²) in [5.41, 5.74) is 1.70. The van der Waals surface area contributed by atoms with Crippen LogP contribution in [0.2, 0.25) is 0 Å². The number of amides is 2. The Labute approximate surface area is 151 Å². The van der Waals surface area contributed by atoms with Gasteiger partial charge in [-0.2, -0.15) is 0 Å². The van der Waals surface area contributed by atoms with Gasteiger partial charge in [-0.25, -0.2) is 9.69 Å². The molecule has 2 aromatic carbocycles. The molecule has 1 fully saturated rings. The highest BCUT2D eigenvalue weighted by molar-refractivity contribution is 6.02. The van der Waals surface area contributed by atoms with Gasteiger partial charge in [0.1, 0.15) is 6.61 Å². The molecule has 0 aliphatic carbocycles. The van der Waals surface area contributed by atoms with E-state index >= 15 is 0 Å². The molecular weight excluding hydrogens is 334 g/mol. The number of carbonyl (C=O) groups excluding carboxylic acids is 2. The molecule has 1 atom stereocenters. The van der Waals surface area contributed by atoms with Crippen LogP contribution in [-0.2, 0) is 16.0 Å². The number of methoxy groups -OCH3 is 1. The van der Waals surface area contributed by atoms with Crippen molar-refractivity contribution < 1.29 is 24.2 Å². The SMILES string of the molecule is COc1cc(C=CC(=O)N2C(=O)OC[C@@H]2Cc2ccccc2)ccc1O. The molecule has 0 spiro atoms. The van der Waals surface area contributed by atoms with E-state index in [-0.39, 0.29) is 18.4 Å². The van der Waals surface area contributed by atoms with E-state index in [0.29, 0.717) is 17.7 Å². The minimum Gasteiger partial charge on any atom is -0.504 e. The van der Waals surface area contributed by atoms with Crippen LogP contribution in [0.15, 0.2) is 54.6 Å². The minimum atomic E-state index is -0.635. The molecule has 0 aromatic heterocycles. The molecule has 6 heteroatoms. The lowest BCUT2D eigenvalue weighted by Gasteiger charge is -2.18. The van der Waals surface area contributed by atoms with Crippen molar-refractivity contribution in [2.24, 2.45) is 0 Å². The van der Waals surface area contributed by atoms with Crippen molar-refractivity contribution in [2.75, 3.05) is 13.7 Å². The molecular formula is C20H19NO5. The molecule has 2 aromatic rings. The van der Waals surface area contributed by atoms with Crippen molar-refractivity contribution in [1.82, 2.24) is 4.90 Å². The Morgan fingerprint density at radius 1 is 1.31 bits per heavy atom. The van der Waals surface area contributed by atoms with Crippen LogP contribution < -0.4 is 4.74 Å². The zero-order valence-corrected chi connectivity index (χ0v) is 14.3. The summed E-state index contributed by atoms with van der Waals surface area (Å²) in [5.74, 6) is -0.121. The van der Waals surface area contributed by atoms with E-state index < -0.39 is 12.0 Å². The Balaban J connectivity index is 1.73. The first-order valence-electron chi connectivity index (χ1n) is 8.17. The van der Waals surface area contributed by atoms with Gasteiger partial charge in [-0.3, -0.25) is 4.79 Å². The number of hydrogen-bond acceptors (Lipinski definition) is 5. The lowest BCUT2D eigenvalue weighted by atomic mass is 10.1. The first kappa shape index (κ1) is 17.5. The molecule has 1 N–H and O–H groups in total. The molecule has 0 radical (unpaired) electrons. The van der Waals surface area contributed by atoms with Crippen LogP contribution in [-0.4, -0.2) is 41.8 Å². The van der Waals surface area contributed by atoms with E-state index in [0.717, 1.165) is 10.5 Å². The molecule has 2 amide bonds. The number of nitrogens with zero attached hydrogens (tertiary/aromatic N) is 1. The minimum absolute atomic E-state index is 0.0158. The second kappa shape index (κ2) is 7.74. The zero-order chi connectivity index (χ0) is 18.5. The van der Waals surface area contributed by atoms with Crippen LogP contribution in [0.1, 0.15) is 11.1 Å². The lowest BCUT2D eigenvalue weighted by molar-refractivity contribution is -0.124. The van der Waals surface area contributed by atoms with Gasteiger partial charge in [0.15, 0.2) is 11.5 Å². The number of imide groups is 1. The number of rotatable bonds is 5. The van der Waals surface area contributed by atoms with Gasteiger partial charge in [0.05, 0.1) is 13.2 Å². The second-order valence-corrected chi connectivity index (χ2v) is 5.89. The van der Waals surface area contributed by atoms with Gasteiger partial charge in [0.2, 0.25) is 0 Å². The normalized spacial score (nSPS) is 16.7. The van der Waals surface area contributed by atoms with Crippen molar-refractivity contribution in [3.8, 4) is 11.5 Å². The number of ether oxygens (including phenoxy) is 2. The van der Waals surface area contributed by atoms with Gasteiger partial charge in [-0.15, -0.1) is 0 Å². The molecule has 1 aliphatic rings. The van der Waals surface area contributed by atoms with Gasteiger partial charge in [0, 0.05) is 6.08 Å². The van der Waals surface area contributed by atoms with Crippen LogP contribution in [0.3, 0.4) is 0 Å². The summed E-state index contributed by atoms with van der Waals surface area (Å²) in [7, 11) is 1.45. The monoisotopic (exact) mass is 353 g/mol. The lowest BCUT2D eigenvalue weighted by Crippen LogP contribution is -2.39. The van der Waals surface area contributed by atoms with Gasteiger partial charge in [-0.1, -0.05) is 36.4 Å². The van der Waals surface area contributed by atoms with Crippen LogP contribution in [0.4, 0.5) is 4.79 Å². The highest BCUT2D eigenvalue weighted by atomic mass is 16.6. The molecule has 1 aliphatic heterocycles. The summed E-state index contributed by atoms with van der Waals surface area (Å²) in [6.45, 7) is 0.181. The number of benzene rings is 2. The van der Waals surface area contributed by atoms with Crippen molar-refractivity contribution in [1.29, 1.82) is 0 Å². The van der Waals surface area contributed by atoms with Crippen LogP contribution in [0.5, 0.6) is 11.5 Å². The van der Waals surface area contributed by atoms with E-state index in [2.05, 4.69) is 0 Å². The predicted octanol–water partition coefficient (Wildman–Crippen LogP) is 3.00. The van der Waals surface area contributed by atoms with E-state index in [1.807, 2.05) is 30.3 Å². The van der Waals surface area contributed by atoms with Gasteiger partial charge in [-0.05, 0) is 35.8 Å². The van der Waals surface area contributed by atoms with Gasteiger partial charge in [0.25, 0.3) is 5.91 Å². The molecule has 3 rings (SSSR count). The average molecular weight is 353 g/mol. The third-order valence-corrected chi connectivity index (χ3v) is 4.13. The number of aromatic hydroxyl groups is 1. The molecule has 1 saturated heterocycles. The standard InChI is InChI=1S/C20H19NO5/c1-25-18-12-15(7-9-17(18)22)8-10-19(23)21-16(13-26-20(21)24)11-14-5-3-2-4-6-14/h2-10,12,16,22H,11,13H2,1H3/t16-/m0/s1. The number of phenols is 1. The summed E-state index contributed by atoms with van der Waals surface area (Å²) in [6, 6.07) is 14.0. The van der Waals surface area contributed by atoms with Crippen molar-refractivity contribution >= 4 is 18.1 Å². The average Bonchev–Trinajstić information content (AvgIpc) is 3.02. The molecule has 26 heavy (non-hydrogen) atoms. The first-order chi connectivity index (χ1) is 12.6. The zero-order valence-electron chi connectivity index (χ0n) is 14.3. The van der Waals surface area contributed by atoms with Gasteiger partial charge >= 0.3 is 6.09 Å². The molecule has 0 unspecified atom stereocenters. The third-order valence-electron chi connectivity index (χ3n) is 4.13. The summed E-state index contributed by atoms with van der Waals surface area (Å²) < 4.78 is 10.1. The molecule has 1 heterocycles. The van der Waals surface area contributed by atoms with Crippen molar-refractivity contribution in [3.05, 3.63) is 65.7 Å². The smallest absolute Gasteiger partial charge is 0.417 e. The number of cyclic esters (lactones) is 1. The fraction of sp³-hybridized carbons (Fsp3) is 0.200. The van der Waals surface area contributed by atoms with Crippen LogP contribution >= 0.6 is 0 Å². The summed E-state index contributed by atoms with van der Waals surface area (Å²) in [4.78, 5) is 25.6. The van der Waals surface area contributed by atoms with E-state index in [9.17, 15) is 14.7 Å². The quantitative estimate of drug-likeness (QED) is 0.836. The topological polar surface area (TPSA) is 76.1 Å². The van der Waals surface area contributed by atoms with Crippen molar-refractivity contribution in [3.63, 3.8) is 0 Å². The fourth-order valence-electron chi connectivity index (χ4n) is 2.81. The third kappa shape index (κ3) is 3.85. The maximum Gasteiger partial charge on any atom is 0.417 e. The largest absolute Gasteiger partial charge is 0.504 e. The number of phenolic OH excluding ortho intramolecular Hbond substituents is 1. The fourth-order valence-corrected chi connectivity index (χ4v) is 2.81. The highest BCUT2D eigenvalue weighted by Crippen LogP contribution is 2.27. The van der Waals surface area contributed by atoms with E-state index in [1.54, 1.807) is 18.2 Å². The predicted molar refractivity (Wildman–Crippen MR) is 95.8 cm³/mol. The molecule has 134 valence electrons. The summed E-state index contributed by atoms with van der Waals surface area (Å²) in [6.07, 6.45) is 2.79. The maximum absolute atomic E-state index is 12.5. The highest BCUT2D eigenvalue weighted by Gasteiger charge is 2.36. The second-order valence-electron chi connectivity index (χ2n) is 5.89. The Hall–Kier alpha value is -3.28. The maximum atomic E-state index is 12.5. The Morgan fingerprint density at radius 2 is 2.08 bits per heavy atom. The Bertz CT molecular complexity index is 831. The van der Waals surface area contributed by atoms with E-state index in [4.69, 9.17) is 9.47 Å². The van der Waals surface area contributed by atoms with Crippen molar-refractivity contribution in [2.45, 2.75) is 12.5 Å². The number of hydrogen-bond donors (Lipinski definition) is 1. The first-order valence-corrected chi connectivity index (χ1v) is 8.17. The molecule has 6 nitrogen and oxygen atoms in total.